The van der Waals surface area contributed by atoms with Gasteiger partial charge in [0.2, 0.25) is 0 Å². The monoisotopic (exact) mass is 413 g/mol. The summed E-state index contributed by atoms with van der Waals surface area (Å²) in [7, 11) is 0. The summed E-state index contributed by atoms with van der Waals surface area (Å²) in [5, 5.41) is 24.6. The Kier molecular flexibility index (Phi) is 5.37. The average Bonchev–Trinajstić information content (AvgIpc) is 2.77. The zero-order chi connectivity index (χ0) is 22.0. The summed E-state index contributed by atoms with van der Waals surface area (Å²) in [6.07, 6.45) is 0.0314. The highest BCUT2D eigenvalue weighted by molar-refractivity contribution is 6.18. The van der Waals surface area contributed by atoms with Crippen LogP contribution in [-0.4, -0.2) is 34.1 Å². The first kappa shape index (κ1) is 20.1. The molecule has 1 amide bonds. The number of rotatable bonds is 6. The van der Waals surface area contributed by atoms with Crippen molar-refractivity contribution in [1.82, 2.24) is 5.32 Å². The Hall–Kier alpha value is -4.19. The average molecular weight is 413 g/mol. The quantitative estimate of drug-likeness (QED) is 0.413. The molecule has 31 heavy (non-hydrogen) atoms. The van der Waals surface area contributed by atoms with Crippen molar-refractivity contribution in [3.63, 3.8) is 0 Å². The first-order valence-corrected chi connectivity index (χ1v) is 9.70. The van der Waals surface area contributed by atoms with Crippen molar-refractivity contribution in [2.45, 2.75) is 12.5 Å². The number of aromatic carboxylic acids is 1. The maximum Gasteiger partial charge on any atom is 0.335 e. The van der Waals surface area contributed by atoms with Crippen LogP contribution in [0.25, 0.3) is 21.5 Å². The molecule has 1 atom stereocenters. The smallest absolute Gasteiger partial charge is 0.335 e. The van der Waals surface area contributed by atoms with E-state index < -0.39 is 23.9 Å². The van der Waals surface area contributed by atoms with Crippen LogP contribution >= 0.6 is 0 Å². The van der Waals surface area contributed by atoms with E-state index in [0.29, 0.717) is 11.1 Å². The lowest BCUT2D eigenvalue weighted by Crippen LogP contribution is -2.42. The summed E-state index contributed by atoms with van der Waals surface area (Å²) in [6.45, 7) is 0. The second-order valence-corrected chi connectivity index (χ2v) is 7.26. The molecule has 6 nitrogen and oxygen atoms in total. The van der Waals surface area contributed by atoms with E-state index >= 15 is 0 Å². The van der Waals surface area contributed by atoms with E-state index in [9.17, 15) is 19.5 Å². The summed E-state index contributed by atoms with van der Waals surface area (Å²) in [5.41, 5.74) is 1.16. The molecule has 0 saturated heterocycles. The normalized spacial score (nSPS) is 11.9. The first-order chi connectivity index (χ1) is 14.9. The fourth-order valence-corrected chi connectivity index (χ4v) is 3.71. The highest BCUT2D eigenvalue weighted by Gasteiger charge is 2.23. The van der Waals surface area contributed by atoms with Gasteiger partial charge in [-0.1, -0.05) is 60.7 Å². The van der Waals surface area contributed by atoms with E-state index in [1.165, 1.54) is 12.1 Å². The standard InChI is InChI=1S/C25H19NO5/c27-23(26-21(25(30)31)13-15-9-11-16(12-10-15)24(28)29)22-19-7-3-1-5-17(19)14-18-6-2-4-8-20(18)22/h1-12,14,21H,13H2,(H,26,27)(H,28,29)(H,30,31)/t21-/m1/s1. The van der Waals surface area contributed by atoms with Gasteiger partial charge in [-0.2, -0.15) is 0 Å². The number of carboxylic acids is 2. The van der Waals surface area contributed by atoms with Crippen molar-refractivity contribution in [3.05, 3.63) is 95.6 Å². The minimum Gasteiger partial charge on any atom is -0.480 e. The third-order valence-electron chi connectivity index (χ3n) is 5.24. The number of carbonyl (C=O) groups excluding carboxylic acids is 1. The number of hydrogen-bond acceptors (Lipinski definition) is 3. The summed E-state index contributed by atoms with van der Waals surface area (Å²) < 4.78 is 0. The van der Waals surface area contributed by atoms with Crippen LogP contribution in [-0.2, 0) is 11.2 Å². The summed E-state index contributed by atoms with van der Waals surface area (Å²) in [5.74, 6) is -2.69. The van der Waals surface area contributed by atoms with Gasteiger partial charge in [0, 0.05) is 6.42 Å². The molecule has 4 aromatic rings. The lowest BCUT2D eigenvalue weighted by Gasteiger charge is -2.17. The van der Waals surface area contributed by atoms with Crippen LogP contribution in [0.15, 0.2) is 78.9 Å². The molecule has 0 radical (unpaired) electrons. The summed E-state index contributed by atoms with van der Waals surface area (Å²) in [4.78, 5) is 36.1. The number of nitrogens with one attached hydrogen (secondary N) is 1. The van der Waals surface area contributed by atoms with Gasteiger partial charge in [0.05, 0.1) is 11.1 Å². The van der Waals surface area contributed by atoms with Gasteiger partial charge < -0.3 is 15.5 Å². The van der Waals surface area contributed by atoms with Gasteiger partial charge in [-0.25, -0.2) is 9.59 Å². The van der Waals surface area contributed by atoms with Crippen molar-refractivity contribution in [3.8, 4) is 0 Å². The Balaban J connectivity index is 1.68. The lowest BCUT2D eigenvalue weighted by atomic mass is 9.95. The Morgan fingerprint density at radius 2 is 1.32 bits per heavy atom. The van der Waals surface area contributed by atoms with Gasteiger partial charge in [0.15, 0.2) is 0 Å². The first-order valence-electron chi connectivity index (χ1n) is 9.70. The third kappa shape index (κ3) is 4.09. The zero-order valence-electron chi connectivity index (χ0n) is 16.4. The molecule has 0 spiro atoms. The van der Waals surface area contributed by atoms with Crippen LogP contribution in [0.4, 0.5) is 0 Å². The lowest BCUT2D eigenvalue weighted by molar-refractivity contribution is -0.139. The SMILES string of the molecule is O=C(O)c1ccc(C[C@@H](NC(=O)c2c3ccccc3cc3ccccc23)C(=O)O)cc1. The molecule has 0 heterocycles. The molecule has 4 rings (SSSR count). The fraction of sp³-hybridized carbons (Fsp3) is 0.0800. The molecular weight excluding hydrogens is 394 g/mol. The fourth-order valence-electron chi connectivity index (χ4n) is 3.71. The maximum atomic E-state index is 13.3. The van der Waals surface area contributed by atoms with Crippen molar-refractivity contribution in [1.29, 1.82) is 0 Å². The molecule has 3 N–H and O–H groups in total. The van der Waals surface area contributed by atoms with Crippen molar-refractivity contribution >= 4 is 39.4 Å². The van der Waals surface area contributed by atoms with Crippen molar-refractivity contribution < 1.29 is 24.6 Å². The van der Waals surface area contributed by atoms with E-state index in [2.05, 4.69) is 5.32 Å². The van der Waals surface area contributed by atoms with Gasteiger partial charge in [0.1, 0.15) is 6.04 Å². The minimum atomic E-state index is -1.17. The Morgan fingerprint density at radius 3 is 1.84 bits per heavy atom. The topological polar surface area (TPSA) is 104 Å². The molecule has 154 valence electrons. The van der Waals surface area contributed by atoms with Crippen LogP contribution in [0, 0.1) is 0 Å². The largest absolute Gasteiger partial charge is 0.480 e. The Labute approximate surface area is 177 Å². The second kappa shape index (κ2) is 8.28. The Morgan fingerprint density at radius 1 is 0.774 bits per heavy atom. The van der Waals surface area contributed by atoms with Gasteiger partial charge in [0.25, 0.3) is 5.91 Å². The molecule has 0 bridgehead atoms. The van der Waals surface area contributed by atoms with Crippen LogP contribution in [0.3, 0.4) is 0 Å². The van der Waals surface area contributed by atoms with Crippen LogP contribution in [0.1, 0.15) is 26.3 Å². The molecule has 0 aliphatic rings. The van der Waals surface area contributed by atoms with Crippen LogP contribution < -0.4 is 5.32 Å². The number of carboxylic acid groups (broad SMARTS) is 2. The second-order valence-electron chi connectivity index (χ2n) is 7.26. The predicted molar refractivity (Wildman–Crippen MR) is 117 cm³/mol. The predicted octanol–water partition coefficient (Wildman–Crippen LogP) is 4.12. The highest BCUT2D eigenvalue weighted by atomic mass is 16.4. The number of fused-ring (bicyclic) bond motifs is 2. The van der Waals surface area contributed by atoms with Gasteiger partial charge in [-0.3, -0.25) is 4.79 Å². The molecule has 4 aromatic carbocycles. The van der Waals surface area contributed by atoms with E-state index in [4.69, 9.17) is 5.11 Å². The molecule has 0 aromatic heterocycles. The van der Waals surface area contributed by atoms with Gasteiger partial charge in [-0.05, 0) is 45.3 Å². The maximum absolute atomic E-state index is 13.3. The zero-order valence-corrected chi connectivity index (χ0v) is 16.4. The molecule has 0 unspecified atom stereocenters. The summed E-state index contributed by atoms with van der Waals surface area (Å²) >= 11 is 0. The molecule has 0 aliphatic heterocycles. The van der Waals surface area contributed by atoms with E-state index in [0.717, 1.165) is 21.5 Å². The highest BCUT2D eigenvalue weighted by Crippen LogP contribution is 2.28. The van der Waals surface area contributed by atoms with Gasteiger partial charge in [-0.15, -0.1) is 0 Å². The van der Waals surface area contributed by atoms with E-state index in [1.54, 1.807) is 12.1 Å². The molecule has 6 heteroatoms. The molecule has 0 saturated carbocycles. The van der Waals surface area contributed by atoms with Gasteiger partial charge >= 0.3 is 11.9 Å². The molecule has 0 fully saturated rings. The number of benzene rings is 4. The number of amides is 1. The number of hydrogen-bond donors (Lipinski definition) is 3. The minimum absolute atomic E-state index is 0.0314. The van der Waals surface area contributed by atoms with Crippen molar-refractivity contribution in [2.75, 3.05) is 0 Å². The van der Waals surface area contributed by atoms with Crippen LogP contribution in [0.5, 0.6) is 0 Å². The van der Waals surface area contributed by atoms with Crippen LogP contribution in [0.2, 0.25) is 0 Å². The number of carbonyl (C=O) groups is 3. The van der Waals surface area contributed by atoms with E-state index in [1.807, 2.05) is 54.6 Å². The number of aliphatic carboxylic acids is 1. The van der Waals surface area contributed by atoms with Crippen molar-refractivity contribution in [2.24, 2.45) is 0 Å². The molecular formula is C25H19NO5. The third-order valence-corrected chi connectivity index (χ3v) is 5.24. The van der Waals surface area contributed by atoms with E-state index in [-0.39, 0.29) is 12.0 Å². The Bertz CT molecular complexity index is 1260. The summed E-state index contributed by atoms with van der Waals surface area (Å²) in [6, 6.07) is 21.7. The molecule has 0 aliphatic carbocycles.